The summed E-state index contributed by atoms with van der Waals surface area (Å²) in [5, 5.41) is 17.2. The third kappa shape index (κ3) is 1.62. The fraction of sp³-hybridized carbons (Fsp3) is 0.167. The van der Waals surface area contributed by atoms with Crippen LogP contribution in [0, 0.1) is 0 Å². The molecule has 1 rings (SSSR count). The lowest BCUT2D eigenvalue weighted by Crippen LogP contribution is -2.23. The second kappa shape index (κ2) is 3.36. The van der Waals surface area contributed by atoms with Gasteiger partial charge in [0.05, 0.1) is 18.6 Å². The van der Waals surface area contributed by atoms with Gasteiger partial charge in [-0.2, -0.15) is 0 Å². The summed E-state index contributed by atoms with van der Waals surface area (Å²) < 4.78 is 4.61. The molecule has 0 spiro atoms. The monoisotopic (exact) mass is 187 g/mol. The number of carboxylic acids is 1. The van der Waals surface area contributed by atoms with Crippen LogP contribution in [-0.2, 0) is 0 Å². The lowest BCUT2D eigenvalue weighted by molar-refractivity contribution is -0.255. The molecular weight excluding hydrogens is 184 g/mol. The number of aromatic nitrogens is 2. The molecule has 0 saturated carbocycles. The van der Waals surface area contributed by atoms with Crippen LogP contribution in [0.1, 0.15) is 10.4 Å². The molecule has 0 aliphatic heterocycles. The van der Waals surface area contributed by atoms with Gasteiger partial charge in [0.1, 0.15) is 0 Å². The van der Waals surface area contributed by atoms with Crippen molar-refractivity contribution in [2.24, 2.45) is 0 Å². The van der Waals surface area contributed by atoms with E-state index in [0.717, 1.165) is 6.07 Å². The highest BCUT2D eigenvalue weighted by Crippen LogP contribution is 2.15. The maximum atomic E-state index is 10.4. The average Bonchev–Trinajstić information content (AvgIpc) is 2.04. The highest BCUT2D eigenvalue weighted by Gasteiger charge is 2.06. The molecule has 0 N–H and O–H groups in total. The minimum atomic E-state index is -1.40. The van der Waals surface area contributed by atoms with Gasteiger partial charge in [-0.1, -0.05) is 11.6 Å². The molecule has 64 valence electrons. The minimum absolute atomic E-state index is 0.0185. The largest absolute Gasteiger partial charge is 0.545 e. The first-order valence-corrected chi connectivity index (χ1v) is 3.31. The Kier molecular flexibility index (Phi) is 2.44. The second-order valence-electron chi connectivity index (χ2n) is 1.88. The molecule has 6 heteroatoms. The fourth-order valence-corrected chi connectivity index (χ4v) is 0.801. The first-order chi connectivity index (χ1) is 5.65. The number of carbonyl (C=O) groups is 1. The first-order valence-electron chi connectivity index (χ1n) is 2.93. The number of methoxy groups -OCH3 is 1. The van der Waals surface area contributed by atoms with Crippen molar-refractivity contribution in [1.82, 2.24) is 10.2 Å². The van der Waals surface area contributed by atoms with Crippen molar-refractivity contribution < 1.29 is 14.6 Å². The van der Waals surface area contributed by atoms with Crippen molar-refractivity contribution >= 4 is 17.6 Å². The van der Waals surface area contributed by atoms with Gasteiger partial charge in [0, 0.05) is 0 Å². The van der Waals surface area contributed by atoms with Gasteiger partial charge in [0.2, 0.25) is 5.88 Å². The van der Waals surface area contributed by atoms with Gasteiger partial charge < -0.3 is 14.6 Å². The lowest BCUT2D eigenvalue weighted by Gasteiger charge is -2.06. The number of hydrogen-bond donors (Lipinski definition) is 0. The van der Waals surface area contributed by atoms with Crippen LogP contribution in [0.2, 0.25) is 5.15 Å². The SMILES string of the molecule is COc1nnc(Cl)cc1C(=O)[O-]. The summed E-state index contributed by atoms with van der Waals surface area (Å²) in [6.07, 6.45) is 0. The van der Waals surface area contributed by atoms with E-state index in [0.29, 0.717) is 0 Å². The predicted molar refractivity (Wildman–Crippen MR) is 37.9 cm³/mol. The zero-order valence-electron chi connectivity index (χ0n) is 6.07. The number of ether oxygens (including phenoxy) is 1. The van der Waals surface area contributed by atoms with E-state index in [1.165, 1.54) is 7.11 Å². The van der Waals surface area contributed by atoms with Gasteiger partial charge in [-0.3, -0.25) is 0 Å². The van der Waals surface area contributed by atoms with Crippen LogP contribution in [0.15, 0.2) is 6.07 Å². The van der Waals surface area contributed by atoms with E-state index < -0.39 is 5.97 Å². The van der Waals surface area contributed by atoms with Crippen molar-refractivity contribution in [3.05, 3.63) is 16.8 Å². The van der Waals surface area contributed by atoms with E-state index >= 15 is 0 Å². The molecule has 0 amide bonds. The highest BCUT2D eigenvalue weighted by atomic mass is 35.5. The summed E-state index contributed by atoms with van der Waals surface area (Å²) in [6, 6.07) is 1.11. The molecule has 0 bridgehead atoms. The van der Waals surface area contributed by atoms with Crippen LogP contribution in [0.4, 0.5) is 0 Å². The van der Waals surface area contributed by atoms with Crippen molar-refractivity contribution in [3.63, 3.8) is 0 Å². The number of nitrogens with zero attached hydrogens (tertiary/aromatic N) is 2. The Morgan fingerprint density at radius 2 is 2.33 bits per heavy atom. The summed E-state index contributed by atoms with van der Waals surface area (Å²) in [7, 11) is 1.28. The molecule has 5 nitrogen and oxygen atoms in total. The summed E-state index contributed by atoms with van der Waals surface area (Å²) >= 11 is 5.40. The van der Waals surface area contributed by atoms with E-state index in [1.54, 1.807) is 0 Å². The van der Waals surface area contributed by atoms with E-state index in [4.69, 9.17) is 11.6 Å². The number of carboxylic acid groups (broad SMARTS) is 1. The van der Waals surface area contributed by atoms with Crippen molar-refractivity contribution in [1.29, 1.82) is 0 Å². The number of rotatable bonds is 2. The Morgan fingerprint density at radius 3 is 2.83 bits per heavy atom. The Labute approximate surface area is 72.9 Å². The fourth-order valence-electron chi connectivity index (χ4n) is 0.654. The van der Waals surface area contributed by atoms with Crippen LogP contribution >= 0.6 is 11.6 Å². The average molecular weight is 188 g/mol. The van der Waals surface area contributed by atoms with Crippen LogP contribution in [0.25, 0.3) is 0 Å². The van der Waals surface area contributed by atoms with Gasteiger partial charge in [0.25, 0.3) is 0 Å². The van der Waals surface area contributed by atoms with Gasteiger partial charge >= 0.3 is 0 Å². The summed E-state index contributed by atoms with van der Waals surface area (Å²) in [6.45, 7) is 0. The molecule has 0 aliphatic rings. The van der Waals surface area contributed by atoms with E-state index in [9.17, 15) is 9.90 Å². The molecule has 0 radical (unpaired) electrons. The van der Waals surface area contributed by atoms with Crippen LogP contribution < -0.4 is 9.84 Å². The number of halogens is 1. The molecule has 1 aromatic rings. The molecule has 0 aromatic carbocycles. The molecule has 1 aromatic heterocycles. The third-order valence-corrected chi connectivity index (χ3v) is 1.33. The topological polar surface area (TPSA) is 75.1 Å². The van der Waals surface area contributed by atoms with Gasteiger partial charge in [0.15, 0.2) is 5.15 Å². The van der Waals surface area contributed by atoms with Gasteiger partial charge in [-0.25, -0.2) is 0 Å². The normalized spacial score (nSPS) is 9.50. The van der Waals surface area contributed by atoms with E-state index in [2.05, 4.69) is 14.9 Å². The molecule has 12 heavy (non-hydrogen) atoms. The summed E-state index contributed by atoms with van der Waals surface area (Å²) in [5.41, 5.74) is -0.211. The van der Waals surface area contributed by atoms with Crippen LogP contribution in [-0.4, -0.2) is 23.3 Å². The van der Waals surface area contributed by atoms with E-state index in [-0.39, 0.29) is 16.6 Å². The summed E-state index contributed by atoms with van der Waals surface area (Å²) in [4.78, 5) is 10.4. The molecule has 1 heterocycles. The maximum absolute atomic E-state index is 10.4. The molecule has 0 aliphatic carbocycles. The second-order valence-corrected chi connectivity index (χ2v) is 2.26. The van der Waals surface area contributed by atoms with Gasteiger partial charge in [-0.05, 0) is 6.07 Å². The zero-order chi connectivity index (χ0) is 9.14. The Balaban J connectivity index is 3.21. The quantitative estimate of drug-likeness (QED) is 0.624. The standard InChI is InChI=1S/C6H5ClN2O3/c1-12-5-3(6(10)11)2-4(7)8-9-5/h2H,1H3,(H,10,11)/p-1. The predicted octanol–water partition coefficient (Wildman–Crippen LogP) is -0.498. The molecule has 0 unspecified atom stereocenters. The van der Waals surface area contributed by atoms with Crippen molar-refractivity contribution in [2.75, 3.05) is 7.11 Å². The molecule has 0 fully saturated rings. The van der Waals surface area contributed by atoms with Crippen molar-refractivity contribution in [2.45, 2.75) is 0 Å². The van der Waals surface area contributed by atoms with Gasteiger partial charge in [-0.15, -0.1) is 10.2 Å². The van der Waals surface area contributed by atoms with Crippen LogP contribution in [0.5, 0.6) is 5.88 Å². The first kappa shape index (κ1) is 8.73. The molecule has 0 saturated heterocycles. The van der Waals surface area contributed by atoms with Crippen LogP contribution in [0.3, 0.4) is 0 Å². The highest BCUT2D eigenvalue weighted by molar-refractivity contribution is 6.29. The lowest BCUT2D eigenvalue weighted by atomic mass is 10.3. The molecule has 0 atom stereocenters. The maximum Gasteiger partial charge on any atom is 0.242 e. The number of aromatic carboxylic acids is 1. The Hall–Kier alpha value is -1.36. The minimum Gasteiger partial charge on any atom is -0.545 e. The Morgan fingerprint density at radius 1 is 1.67 bits per heavy atom. The molecular formula is C6H4ClN2O3-. The number of carbonyl (C=O) groups excluding carboxylic acids is 1. The summed E-state index contributed by atoms with van der Waals surface area (Å²) in [5.74, 6) is -1.51. The third-order valence-electron chi connectivity index (χ3n) is 1.14. The van der Waals surface area contributed by atoms with E-state index in [1.807, 2.05) is 0 Å². The van der Waals surface area contributed by atoms with Crippen molar-refractivity contribution in [3.8, 4) is 5.88 Å². The zero-order valence-corrected chi connectivity index (χ0v) is 6.83. The smallest absolute Gasteiger partial charge is 0.242 e. The Bertz CT molecular complexity index is 316. The number of hydrogen-bond acceptors (Lipinski definition) is 5.